The Labute approximate surface area is 132 Å². The van der Waals surface area contributed by atoms with Gasteiger partial charge in [0.05, 0.1) is 0 Å². The number of anilines is 1. The number of urea groups is 1. The molecule has 2 rings (SSSR count). The molecule has 0 aliphatic heterocycles. The number of benzene rings is 1. The molecule has 0 unspecified atom stereocenters. The molecule has 5 nitrogen and oxygen atoms in total. The third-order valence-corrected chi connectivity index (χ3v) is 3.66. The zero-order valence-electron chi connectivity index (χ0n) is 11.2. The Bertz CT molecular complexity index is 676. The second kappa shape index (κ2) is 6.49. The Morgan fingerprint density at radius 1 is 1.41 bits per heavy atom. The van der Waals surface area contributed by atoms with Crippen LogP contribution in [0.3, 0.4) is 0 Å². The van der Waals surface area contributed by atoms with Crippen LogP contribution in [0.15, 0.2) is 24.3 Å². The summed E-state index contributed by atoms with van der Waals surface area (Å²) in [6, 6.07) is 6.32. The molecule has 0 bridgehead atoms. The Morgan fingerprint density at radius 2 is 2.14 bits per heavy atom. The number of halogens is 4. The zero-order chi connectivity index (χ0) is 16.3. The highest BCUT2D eigenvalue weighted by atomic mass is 35.5. The van der Waals surface area contributed by atoms with Gasteiger partial charge in [-0.2, -0.15) is 13.2 Å². The third kappa shape index (κ3) is 4.31. The number of nitrogens with one attached hydrogen (secondary N) is 1. The minimum Gasteiger partial charge on any atom is -0.323 e. The van der Waals surface area contributed by atoms with Crippen LogP contribution >= 0.6 is 22.9 Å². The van der Waals surface area contributed by atoms with Crippen LogP contribution in [0.4, 0.5) is 23.1 Å². The number of amides is 2. The molecule has 0 aliphatic carbocycles. The Morgan fingerprint density at radius 3 is 2.73 bits per heavy atom. The first-order chi connectivity index (χ1) is 10.3. The molecule has 118 valence electrons. The van der Waals surface area contributed by atoms with Gasteiger partial charge in [0, 0.05) is 18.6 Å². The van der Waals surface area contributed by atoms with Crippen molar-refractivity contribution in [2.24, 2.45) is 0 Å². The molecule has 0 fully saturated rings. The van der Waals surface area contributed by atoms with Crippen molar-refractivity contribution in [2.75, 3.05) is 12.4 Å². The molecule has 22 heavy (non-hydrogen) atoms. The molecule has 0 aliphatic rings. The number of hydrogen-bond acceptors (Lipinski definition) is 4. The maximum absolute atomic E-state index is 12.4. The third-order valence-electron chi connectivity index (χ3n) is 2.54. The number of rotatable bonds is 3. The van der Waals surface area contributed by atoms with E-state index in [4.69, 9.17) is 11.6 Å². The normalized spacial score (nSPS) is 11.3. The molecule has 10 heteroatoms. The number of carbonyl (C=O) groups is 1. The molecule has 2 amide bonds. The van der Waals surface area contributed by atoms with Crippen molar-refractivity contribution >= 4 is 34.1 Å². The summed E-state index contributed by atoms with van der Waals surface area (Å²) >= 11 is 6.11. The van der Waals surface area contributed by atoms with Gasteiger partial charge in [0.25, 0.3) is 0 Å². The highest BCUT2D eigenvalue weighted by molar-refractivity contribution is 7.15. The van der Waals surface area contributed by atoms with Crippen LogP contribution in [-0.2, 0) is 12.7 Å². The summed E-state index contributed by atoms with van der Waals surface area (Å²) in [6.07, 6.45) is -4.58. The van der Waals surface area contributed by atoms with Gasteiger partial charge in [-0.1, -0.05) is 35.1 Å². The second-order valence-electron chi connectivity index (χ2n) is 4.33. The SMILES string of the molecule is CN(Cc1cccc(Cl)c1)C(=O)Nc1nnc(C(F)(F)F)s1. The van der Waals surface area contributed by atoms with Crippen molar-refractivity contribution in [3.8, 4) is 0 Å². The van der Waals surface area contributed by atoms with Crippen molar-refractivity contribution in [3.63, 3.8) is 0 Å². The fourth-order valence-corrected chi connectivity index (χ4v) is 2.37. The first kappa shape index (κ1) is 16.5. The molecular weight excluding hydrogens is 341 g/mol. The quantitative estimate of drug-likeness (QED) is 0.914. The molecule has 1 heterocycles. The molecule has 1 aromatic heterocycles. The summed E-state index contributed by atoms with van der Waals surface area (Å²) in [5.41, 5.74) is 0.790. The predicted octanol–water partition coefficient (Wildman–Crippen LogP) is 3.87. The van der Waals surface area contributed by atoms with Gasteiger partial charge in [0.15, 0.2) is 0 Å². The fraction of sp³-hybridized carbons (Fsp3) is 0.250. The van der Waals surface area contributed by atoms with E-state index in [0.29, 0.717) is 5.02 Å². The summed E-state index contributed by atoms with van der Waals surface area (Å²) in [6.45, 7) is 0.247. The van der Waals surface area contributed by atoms with Gasteiger partial charge in [-0.3, -0.25) is 5.32 Å². The van der Waals surface area contributed by atoms with Crippen LogP contribution in [0.2, 0.25) is 5.02 Å². The molecule has 2 aromatic rings. The zero-order valence-corrected chi connectivity index (χ0v) is 12.8. The molecule has 0 radical (unpaired) electrons. The van der Waals surface area contributed by atoms with Gasteiger partial charge in [0.2, 0.25) is 10.1 Å². The summed E-state index contributed by atoms with van der Waals surface area (Å²) in [5.74, 6) is 0. The summed E-state index contributed by atoms with van der Waals surface area (Å²) in [4.78, 5) is 13.2. The monoisotopic (exact) mass is 350 g/mol. The predicted molar refractivity (Wildman–Crippen MR) is 76.8 cm³/mol. The average molecular weight is 351 g/mol. The Kier molecular flexibility index (Phi) is 4.87. The molecular formula is C12H10ClF3N4OS. The molecule has 0 spiro atoms. The Balaban J connectivity index is 1.98. The van der Waals surface area contributed by atoms with E-state index in [0.717, 1.165) is 5.56 Å². The molecule has 0 saturated heterocycles. The number of aromatic nitrogens is 2. The smallest absolute Gasteiger partial charge is 0.323 e. The van der Waals surface area contributed by atoms with Gasteiger partial charge in [0.1, 0.15) is 0 Å². The number of nitrogens with zero attached hydrogens (tertiary/aromatic N) is 3. The minimum absolute atomic E-state index is 0.213. The highest BCUT2D eigenvalue weighted by Gasteiger charge is 2.35. The topological polar surface area (TPSA) is 58.1 Å². The van der Waals surface area contributed by atoms with Crippen molar-refractivity contribution in [3.05, 3.63) is 39.9 Å². The van der Waals surface area contributed by atoms with E-state index in [9.17, 15) is 18.0 Å². The first-order valence-electron chi connectivity index (χ1n) is 5.93. The lowest BCUT2D eigenvalue weighted by atomic mass is 10.2. The van der Waals surface area contributed by atoms with Crippen LogP contribution in [-0.4, -0.2) is 28.2 Å². The van der Waals surface area contributed by atoms with Crippen molar-refractivity contribution < 1.29 is 18.0 Å². The van der Waals surface area contributed by atoms with Gasteiger partial charge in [-0.15, -0.1) is 10.2 Å². The largest absolute Gasteiger partial charge is 0.445 e. The van der Waals surface area contributed by atoms with Gasteiger partial charge >= 0.3 is 12.2 Å². The van der Waals surface area contributed by atoms with Crippen molar-refractivity contribution in [1.29, 1.82) is 0 Å². The summed E-state index contributed by atoms with van der Waals surface area (Å²) < 4.78 is 37.2. The van der Waals surface area contributed by atoms with Gasteiger partial charge in [-0.05, 0) is 17.7 Å². The number of carbonyl (C=O) groups excluding carboxylic acids is 1. The molecule has 0 saturated carbocycles. The van der Waals surface area contributed by atoms with Crippen LogP contribution in [0.5, 0.6) is 0 Å². The maximum atomic E-state index is 12.4. The lowest BCUT2D eigenvalue weighted by Crippen LogP contribution is -2.30. The molecule has 0 atom stereocenters. The highest BCUT2D eigenvalue weighted by Crippen LogP contribution is 2.33. The van der Waals surface area contributed by atoms with Crippen molar-refractivity contribution in [2.45, 2.75) is 12.7 Å². The minimum atomic E-state index is -4.58. The van der Waals surface area contributed by atoms with E-state index in [1.807, 2.05) is 0 Å². The van der Waals surface area contributed by atoms with E-state index >= 15 is 0 Å². The standard InChI is InChI=1S/C12H10ClF3N4OS/c1-20(6-7-3-2-4-8(13)5-7)11(21)17-10-19-18-9(22-10)12(14,15)16/h2-5H,6H2,1H3,(H,17,19,21). The van der Waals surface area contributed by atoms with Crippen LogP contribution in [0, 0.1) is 0 Å². The Hall–Kier alpha value is -1.87. The van der Waals surface area contributed by atoms with Crippen LogP contribution < -0.4 is 5.32 Å². The molecule has 1 N–H and O–H groups in total. The van der Waals surface area contributed by atoms with E-state index in [1.165, 1.54) is 11.9 Å². The average Bonchev–Trinajstić information content (AvgIpc) is 2.87. The summed E-state index contributed by atoms with van der Waals surface area (Å²) in [7, 11) is 1.50. The molecule has 1 aromatic carbocycles. The van der Waals surface area contributed by atoms with Gasteiger partial charge in [-0.25, -0.2) is 4.79 Å². The van der Waals surface area contributed by atoms with E-state index in [-0.39, 0.29) is 23.0 Å². The van der Waals surface area contributed by atoms with Gasteiger partial charge < -0.3 is 4.90 Å². The lowest BCUT2D eigenvalue weighted by molar-refractivity contribution is -0.138. The maximum Gasteiger partial charge on any atom is 0.445 e. The van der Waals surface area contributed by atoms with Crippen LogP contribution in [0.1, 0.15) is 10.6 Å². The van der Waals surface area contributed by atoms with Crippen molar-refractivity contribution in [1.82, 2.24) is 15.1 Å². The van der Waals surface area contributed by atoms with Crippen LogP contribution in [0.25, 0.3) is 0 Å². The van der Waals surface area contributed by atoms with E-state index < -0.39 is 17.2 Å². The number of alkyl halides is 3. The number of hydrogen-bond donors (Lipinski definition) is 1. The van der Waals surface area contributed by atoms with E-state index in [2.05, 4.69) is 15.5 Å². The first-order valence-corrected chi connectivity index (χ1v) is 7.12. The lowest BCUT2D eigenvalue weighted by Gasteiger charge is -2.17. The fourth-order valence-electron chi connectivity index (χ4n) is 1.56. The summed E-state index contributed by atoms with van der Waals surface area (Å²) in [5, 5.41) is 7.76. The second-order valence-corrected chi connectivity index (χ2v) is 5.74. The van der Waals surface area contributed by atoms with E-state index in [1.54, 1.807) is 24.3 Å².